The summed E-state index contributed by atoms with van der Waals surface area (Å²) in [7, 11) is 0. The van der Waals surface area contributed by atoms with Gasteiger partial charge in [0, 0.05) is 23.8 Å². The molecule has 9 heteroatoms. The second-order valence-electron chi connectivity index (χ2n) is 5.94. The zero-order valence-corrected chi connectivity index (χ0v) is 16.5. The molecule has 0 aliphatic heterocycles. The first-order valence-electron chi connectivity index (χ1n) is 7.30. The Morgan fingerprint density at radius 2 is 1.96 bits per heavy atom. The van der Waals surface area contributed by atoms with E-state index in [2.05, 4.69) is 20.6 Å². The normalized spacial score (nSPS) is 12.4. The highest BCUT2D eigenvalue weighted by molar-refractivity contribution is 14.0. The van der Waals surface area contributed by atoms with E-state index in [1.165, 1.54) is 6.20 Å². The fraction of sp³-hybridized carbons (Fsp3) is 0.600. The Labute approximate surface area is 157 Å². The van der Waals surface area contributed by atoms with E-state index in [9.17, 15) is 13.2 Å². The van der Waals surface area contributed by atoms with Crippen molar-refractivity contribution >= 4 is 29.9 Å². The Morgan fingerprint density at radius 1 is 1.29 bits per heavy atom. The van der Waals surface area contributed by atoms with E-state index >= 15 is 0 Å². The zero-order valence-electron chi connectivity index (χ0n) is 14.2. The van der Waals surface area contributed by atoms with Gasteiger partial charge in [0.1, 0.15) is 0 Å². The lowest BCUT2D eigenvalue weighted by Gasteiger charge is -2.23. The SMILES string of the molecule is CCNC(=NCc1cccnc1OCC(F)(F)F)NC(C)(C)C.I. The molecule has 2 N–H and O–H groups in total. The summed E-state index contributed by atoms with van der Waals surface area (Å²) < 4.78 is 41.6. The van der Waals surface area contributed by atoms with Crippen LogP contribution < -0.4 is 15.4 Å². The van der Waals surface area contributed by atoms with Crippen LogP contribution in [0.25, 0.3) is 0 Å². The third-order valence-electron chi connectivity index (χ3n) is 2.47. The van der Waals surface area contributed by atoms with Crippen molar-refractivity contribution in [3.05, 3.63) is 23.9 Å². The van der Waals surface area contributed by atoms with Crippen LogP contribution in [0.1, 0.15) is 33.3 Å². The maximum absolute atomic E-state index is 12.3. The maximum Gasteiger partial charge on any atom is 0.422 e. The molecule has 5 nitrogen and oxygen atoms in total. The summed E-state index contributed by atoms with van der Waals surface area (Å²) in [5.41, 5.74) is 0.300. The van der Waals surface area contributed by atoms with Gasteiger partial charge in [-0.3, -0.25) is 0 Å². The molecule has 24 heavy (non-hydrogen) atoms. The fourth-order valence-electron chi connectivity index (χ4n) is 1.65. The second kappa shape index (κ2) is 9.90. The molecule has 0 saturated heterocycles. The topological polar surface area (TPSA) is 58.5 Å². The number of guanidine groups is 1. The van der Waals surface area contributed by atoms with Gasteiger partial charge in [-0.05, 0) is 33.8 Å². The standard InChI is InChI=1S/C15H23F3N4O.HI/c1-5-19-13(22-14(2,3)4)21-9-11-7-6-8-20-12(11)23-10-15(16,17)18;/h6-8H,5,9-10H2,1-4H3,(H2,19,21,22);1H. The van der Waals surface area contributed by atoms with Gasteiger partial charge in [-0.2, -0.15) is 13.2 Å². The van der Waals surface area contributed by atoms with Crippen molar-refractivity contribution < 1.29 is 17.9 Å². The summed E-state index contributed by atoms with van der Waals surface area (Å²) in [6.45, 7) is 7.35. The van der Waals surface area contributed by atoms with Crippen molar-refractivity contribution in [3.8, 4) is 5.88 Å². The minimum atomic E-state index is -4.40. The van der Waals surface area contributed by atoms with E-state index in [1.54, 1.807) is 12.1 Å². The Bertz CT molecular complexity index is 530. The lowest BCUT2D eigenvalue weighted by molar-refractivity contribution is -0.154. The molecule has 0 bridgehead atoms. The van der Waals surface area contributed by atoms with Crippen LogP contribution >= 0.6 is 24.0 Å². The van der Waals surface area contributed by atoms with Crippen LogP contribution in [0.2, 0.25) is 0 Å². The zero-order chi connectivity index (χ0) is 17.5. The highest BCUT2D eigenvalue weighted by atomic mass is 127. The number of alkyl halides is 3. The molecule has 0 amide bonds. The van der Waals surface area contributed by atoms with Crippen LogP contribution in [-0.4, -0.2) is 35.8 Å². The summed E-state index contributed by atoms with van der Waals surface area (Å²) in [5, 5.41) is 6.28. The average molecular weight is 460 g/mol. The van der Waals surface area contributed by atoms with Gasteiger partial charge in [0.2, 0.25) is 5.88 Å². The van der Waals surface area contributed by atoms with Crippen molar-refractivity contribution in [2.75, 3.05) is 13.2 Å². The molecule has 0 fully saturated rings. The monoisotopic (exact) mass is 460 g/mol. The third-order valence-corrected chi connectivity index (χ3v) is 2.47. The molecule has 1 aromatic rings. The highest BCUT2D eigenvalue weighted by Gasteiger charge is 2.29. The van der Waals surface area contributed by atoms with Crippen LogP contribution in [0.4, 0.5) is 13.2 Å². The van der Waals surface area contributed by atoms with Gasteiger partial charge < -0.3 is 15.4 Å². The van der Waals surface area contributed by atoms with Crippen LogP contribution in [0.15, 0.2) is 23.3 Å². The van der Waals surface area contributed by atoms with Crippen molar-refractivity contribution in [1.82, 2.24) is 15.6 Å². The van der Waals surface area contributed by atoms with Gasteiger partial charge in [0.05, 0.1) is 6.54 Å². The van der Waals surface area contributed by atoms with Crippen LogP contribution in [0.3, 0.4) is 0 Å². The summed E-state index contributed by atoms with van der Waals surface area (Å²) in [5.74, 6) is 0.519. The molecule has 0 spiro atoms. The van der Waals surface area contributed by atoms with Crippen molar-refractivity contribution in [2.24, 2.45) is 4.99 Å². The minimum Gasteiger partial charge on any atom is -0.468 e. The largest absolute Gasteiger partial charge is 0.468 e. The van der Waals surface area contributed by atoms with E-state index in [1.807, 2.05) is 27.7 Å². The Kier molecular flexibility index (Phi) is 9.38. The lowest BCUT2D eigenvalue weighted by Crippen LogP contribution is -2.47. The first kappa shape index (κ1) is 22.7. The molecule has 1 aromatic heterocycles. The molecule has 0 radical (unpaired) electrons. The van der Waals surface area contributed by atoms with E-state index < -0.39 is 12.8 Å². The van der Waals surface area contributed by atoms with Gasteiger partial charge in [-0.25, -0.2) is 9.98 Å². The van der Waals surface area contributed by atoms with Crippen LogP contribution in [0, 0.1) is 0 Å². The van der Waals surface area contributed by atoms with Crippen LogP contribution in [-0.2, 0) is 6.54 Å². The first-order valence-corrected chi connectivity index (χ1v) is 7.30. The molecular weight excluding hydrogens is 436 g/mol. The molecule has 0 saturated carbocycles. The number of hydrogen-bond donors (Lipinski definition) is 2. The molecule has 0 atom stereocenters. The first-order chi connectivity index (χ1) is 10.6. The number of aromatic nitrogens is 1. The number of hydrogen-bond acceptors (Lipinski definition) is 3. The summed E-state index contributed by atoms with van der Waals surface area (Å²) in [6.07, 6.45) is -3.02. The maximum atomic E-state index is 12.3. The number of halogens is 4. The van der Waals surface area contributed by atoms with E-state index in [0.717, 1.165) is 0 Å². The van der Waals surface area contributed by atoms with E-state index in [-0.39, 0.29) is 41.9 Å². The Hall–Kier alpha value is -1.26. The predicted molar refractivity (Wildman–Crippen MR) is 98.9 cm³/mol. The number of rotatable bonds is 5. The molecule has 0 unspecified atom stereocenters. The Balaban J connectivity index is 0.00000529. The molecule has 0 aliphatic rings. The molecule has 0 aromatic carbocycles. The number of nitrogens with zero attached hydrogens (tertiary/aromatic N) is 2. The number of nitrogens with one attached hydrogen (secondary N) is 2. The third kappa shape index (κ3) is 9.78. The second-order valence-corrected chi connectivity index (χ2v) is 5.94. The predicted octanol–water partition coefficient (Wildman–Crippen LogP) is 3.49. The summed E-state index contributed by atoms with van der Waals surface area (Å²) in [6, 6.07) is 3.28. The quantitative estimate of drug-likeness (QED) is 0.402. The number of aliphatic imine (C=N–C) groups is 1. The van der Waals surface area contributed by atoms with Crippen molar-refractivity contribution in [2.45, 2.75) is 46.0 Å². The molecule has 1 rings (SSSR count). The number of pyridine rings is 1. The van der Waals surface area contributed by atoms with Gasteiger partial charge >= 0.3 is 6.18 Å². The average Bonchev–Trinajstić information content (AvgIpc) is 2.41. The fourth-order valence-corrected chi connectivity index (χ4v) is 1.65. The smallest absolute Gasteiger partial charge is 0.422 e. The lowest BCUT2D eigenvalue weighted by atomic mass is 10.1. The minimum absolute atomic E-state index is 0. The van der Waals surface area contributed by atoms with Gasteiger partial charge in [-0.15, -0.1) is 24.0 Å². The molecule has 0 aliphatic carbocycles. The van der Waals surface area contributed by atoms with Crippen molar-refractivity contribution in [1.29, 1.82) is 0 Å². The molecular formula is C15H24F3IN4O. The van der Waals surface area contributed by atoms with Crippen LogP contribution in [0.5, 0.6) is 5.88 Å². The van der Waals surface area contributed by atoms with E-state index in [0.29, 0.717) is 18.1 Å². The Morgan fingerprint density at radius 3 is 2.50 bits per heavy atom. The summed E-state index contributed by atoms with van der Waals surface area (Å²) >= 11 is 0. The summed E-state index contributed by atoms with van der Waals surface area (Å²) in [4.78, 5) is 8.22. The van der Waals surface area contributed by atoms with Gasteiger partial charge in [0.15, 0.2) is 12.6 Å². The molecule has 1 heterocycles. The number of ether oxygens (including phenoxy) is 1. The molecule has 138 valence electrons. The van der Waals surface area contributed by atoms with E-state index in [4.69, 9.17) is 4.74 Å². The highest BCUT2D eigenvalue weighted by Crippen LogP contribution is 2.20. The van der Waals surface area contributed by atoms with Crippen molar-refractivity contribution in [3.63, 3.8) is 0 Å². The van der Waals surface area contributed by atoms with Gasteiger partial charge in [0.25, 0.3) is 0 Å². The van der Waals surface area contributed by atoms with Gasteiger partial charge in [-0.1, -0.05) is 6.07 Å².